The van der Waals surface area contributed by atoms with E-state index in [1.54, 1.807) is 35.8 Å². The Morgan fingerprint density at radius 1 is 1.03 bits per heavy atom. The predicted molar refractivity (Wildman–Crippen MR) is 136 cm³/mol. The van der Waals surface area contributed by atoms with Gasteiger partial charge in [0.2, 0.25) is 10.0 Å². The highest BCUT2D eigenvalue weighted by Gasteiger charge is 2.25. The van der Waals surface area contributed by atoms with E-state index in [1.165, 1.54) is 43.1 Å². The maximum atomic E-state index is 13.0. The van der Waals surface area contributed by atoms with Crippen molar-refractivity contribution in [1.82, 2.24) is 19.5 Å². The van der Waals surface area contributed by atoms with Crippen LogP contribution in [0.25, 0.3) is 5.69 Å². The number of ether oxygens (including phenoxy) is 1. The molecule has 0 bridgehead atoms. The number of nitro benzene ring substituents is 1. The molecule has 0 saturated carbocycles. The average Bonchev–Trinajstić information content (AvgIpc) is 3.32. The number of hydrogen-bond acceptors (Lipinski definition) is 8. The molecular weight excluding hydrogens is 502 g/mol. The minimum atomic E-state index is -3.88. The second kappa shape index (κ2) is 10.9. The lowest BCUT2D eigenvalue weighted by Crippen LogP contribution is -2.28. The Kier molecular flexibility index (Phi) is 7.67. The van der Waals surface area contributed by atoms with Gasteiger partial charge in [-0.2, -0.15) is 0 Å². The van der Waals surface area contributed by atoms with E-state index in [9.17, 15) is 18.5 Å². The number of aromatic nitrogens is 3. The Bertz CT molecular complexity index is 1440. The number of rotatable bonds is 10. The number of nitro groups is 1. The van der Waals surface area contributed by atoms with Crippen LogP contribution in [0.3, 0.4) is 0 Å². The van der Waals surface area contributed by atoms with E-state index in [-0.39, 0.29) is 10.6 Å². The molecule has 0 fully saturated rings. The van der Waals surface area contributed by atoms with Gasteiger partial charge in [-0.1, -0.05) is 42.1 Å². The van der Waals surface area contributed by atoms with Crippen molar-refractivity contribution in [2.45, 2.75) is 28.8 Å². The standard InChI is InChI=1S/C24H23N5O5S2/c1-17(27-36(32,33)22-14-12-21(34-2)13-15-22)23-25-26-24(35-16-18-6-4-3-5-7-18)28(23)19-8-10-20(11-9-19)29(30)31/h3-15,17,27H,16H2,1-2H3. The van der Waals surface area contributed by atoms with Crippen LogP contribution in [0.15, 0.2) is 88.9 Å². The van der Waals surface area contributed by atoms with Crippen LogP contribution in [-0.4, -0.2) is 35.2 Å². The summed E-state index contributed by atoms with van der Waals surface area (Å²) in [6.07, 6.45) is 0. The van der Waals surface area contributed by atoms with Gasteiger partial charge >= 0.3 is 0 Å². The molecule has 0 radical (unpaired) electrons. The molecular formula is C24H23N5O5S2. The lowest BCUT2D eigenvalue weighted by molar-refractivity contribution is -0.384. The molecule has 0 aliphatic rings. The van der Waals surface area contributed by atoms with Crippen molar-refractivity contribution in [1.29, 1.82) is 0 Å². The zero-order chi connectivity index (χ0) is 25.7. The van der Waals surface area contributed by atoms with Gasteiger partial charge in [-0.3, -0.25) is 14.7 Å². The van der Waals surface area contributed by atoms with Crippen LogP contribution in [0.1, 0.15) is 24.4 Å². The highest BCUT2D eigenvalue weighted by Crippen LogP contribution is 2.29. The van der Waals surface area contributed by atoms with Crippen molar-refractivity contribution in [3.05, 3.63) is 100 Å². The SMILES string of the molecule is COc1ccc(S(=O)(=O)NC(C)c2nnc(SCc3ccccc3)n2-c2ccc([N+](=O)[O-])cc2)cc1. The fourth-order valence-electron chi connectivity index (χ4n) is 3.45. The fraction of sp³-hybridized carbons (Fsp3) is 0.167. The van der Waals surface area contributed by atoms with Gasteiger partial charge in [0.05, 0.1) is 23.0 Å². The maximum absolute atomic E-state index is 13.0. The summed E-state index contributed by atoms with van der Waals surface area (Å²) in [7, 11) is -2.38. The second-order valence-corrected chi connectivity index (χ2v) is 10.4. The van der Waals surface area contributed by atoms with Crippen molar-refractivity contribution >= 4 is 27.5 Å². The van der Waals surface area contributed by atoms with Gasteiger partial charge in [0, 0.05) is 23.6 Å². The molecule has 0 spiro atoms. The van der Waals surface area contributed by atoms with Crippen LogP contribution in [0, 0.1) is 10.1 Å². The van der Waals surface area contributed by atoms with Crippen LogP contribution in [0.5, 0.6) is 5.75 Å². The fourth-order valence-corrected chi connectivity index (χ4v) is 5.57. The van der Waals surface area contributed by atoms with E-state index >= 15 is 0 Å². The minimum Gasteiger partial charge on any atom is -0.497 e. The first-order valence-electron chi connectivity index (χ1n) is 10.8. The van der Waals surface area contributed by atoms with E-state index < -0.39 is 21.0 Å². The van der Waals surface area contributed by atoms with Crippen molar-refractivity contribution in [2.24, 2.45) is 0 Å². The van der Waals surface area contributed by atoms with Gasteiger partial charge in [-0.15, -0.1) is 10.2 Å². The van der Waals surface area contributed by atoms with Crippen LogP contribution in [0.2, 0.25) is 0 Å². The van der Waals surface area contributed by atoms with Crippen molar-refractivity contribution < 1.29 is 18.1 Å². The van der Waals surface area contributed by atoms with Crippen LogP contribution in [0.4, 0.5) is 5.69 Å². The van der Waals surface area contributed by atoms with E-state index in [1.807, 2.05) is 30.3 Å². The Balaban J connectivity index is 1.66. The molecule has 1 aromatic heterocycles. The van der Waals surface area contributed by atoms with E-state index in [0.29, 0.717) is 28.2 Å². The molecule has 0 aliphatic carbocycles. The summed E-state index contributed by atoms with van der Waals surface area (Å²) >= 11 is 1.43. The van der Waals surface area contributed by atoms with Gasteiger partial charge in [0.15, 0.2) is 11.0 Å². The quantitative estimate of drug-likeness (QED) is 0.182. The van der Waals surface area contributed by atoms with Gasteiger partial charge in [-0.25, -0.2) is 13.1 Å². The second-order valence-electron chi connectivity index (χ2n) is 7.74. The summed E-state index contributed by atoms with van der Waals surface area (Å²) in [4.78, 5) is 10.7. The highest BCUT2D eigenvalue weighted by molar-refractivity contribution is 7.98. The minimum absolute atomic E-state index is 0.0554. The van der Waals surface area contributed by atoms with Crippen LogP contribution < -0.4 is 9.46 Å². The Morgan fingerprint density at radius 3 is 2.31 bits per heavy atom. The number of non-ortho nitro benzene ring substituents is 1. The zero-order valence-electron chi connectivity index (χ0n) is 19.4. The third-order valence-electron chi connectivity index (χ3n) is 5.28. The molecule has 1 unspecified atom stereocenters. The topological polar surface area (TPSA) is 129 Å². The number of nitrogens with zero attached hydrogens (tertiary/aromatic N) is 4. The molecule has 4 rings (SSSR count). The number of nitrogens with one attached hydrogen (secondary N) is 1. The number of thioether (sulfide) groups is 1. The molecule has 1 heterocycles. The van der Waals surface area contributed by atoms with Crippen molar-refractivity contribution in [3.63, 3.8) is 0 Å². The largest absolute Gasteiger partial charge is 0.497 e. The molecule has 10 nitrogen and oxygen atoms in total. The van der Waals surface area contributed by atoms with Crippen molar-refractivity contribution in [3.8, 4) is 11.4 Å². The van der Waals surface area contributed by atoms with Crippen LogP contribution >= 0.6 is 11.8 Å². The summed E-state index contributed by atoms with van der Waals surface area (Å²) in [5.41, 5.74) is 1.60. The summed E-state index contributed by atoms with van der Waals surface area (Å²) in [6, 6.07) is 21.0. The molecule has 0 amide bonds. The summed E-state index contributed by atoms with van der Waals surface area (Å²) in [6.45, 7) is 1.67. The smallest absolute Gasteiger partial charge is 0.269 e. The third kappa shape index (κ3) is 5.73. The van der Waals surface area contributed by atoms with Gasteiger partial charge in [0.25, 0.3) is 5.69 Å². The maximum Gasteiger partial charge on any atom is 0.269 e. The molecule has 4 aromatic rings. The molecule has 1 N–H and O–H groups in total. The zero-order valence-corrected chi connectivity index (χ0v) is 21.1. The first-order chi connectivity index (χ1) is 17.3. The van der Waals surface area contributed by atoms with Gasteiger partial charge in [-0.05, 0) is 48.9 Å². The third-order valence-corrected chi connectivity index (χ3v) is 7.83. The monoisotopic (exact) mass is 525 g/mol. The molecule has 36 heavy (non-hydrogen) atoms. The molecule has 12 heteroatoms. The van der Waals surface area contributed by atoms with Crippen molar-refractivity contribution in [2.75, 3.05) is 7.11 Å². The molecule has 186 valence electrons. The lowest BCUT2D eigenvalue weighted by Gasteiger charge is -2.16. The summed E-state index contributed by atoms with van der Waals surface area (Å²) in [5.74, 6) is 1.49. The van der Waals surface area contributed by atoms with Crippen LogP contribution in [-0.2, 0) is 15.8 Å². The number of sulfonamides is 1. The Morgan fingerprint density at radius 2 is 1.69 bits per heavy atom. The highest BCUT2D eigenvalue weighted by atomic mass is 32.2. The molecule has 3 aromatic carbocycles. The lowest BCUT2D eigenvalue weighted by atomic mass is 10.2. The number of methoxy groups -OCH3 is 1. The van der Waals surface area contributed by atoms with E-state index in [0.717, 1.165) is 5.56 Å². The Hall–Kier alpha value is -3.74. The van der Waals surface area contributed by atoms with Gasteiger partial charge < -0.3 is 4.74 Å². The number of benzene rings is 3. The summed E-state index contributed by atoms with van der Waals surface area (Å²) in [5, 5.41) is 20.2. The molecule has 0 aliphatic heterocycles. The normalized spacial score (nSPS) is 12.3. The molecule has 0 saturated heterocycles. The van der Waals surface area contributed by atoms with Gasteiger partial charge in [0.1, 0.15) is 5.75 Å². The molecule has 1 atom stereocenters. The first kappa shape index (κ1) is 25.4. The van der Waals surface area contributed by atoms with E-state index in [2.05, 4.69) is 14.9 Å². The predicted octanol–water partition coefficient (Wildman–Crippen LogP) is 4.52. The Labute approximate surface area is 212 Å². The van der Waals surface area contributed by atoms with E-state index in [4.69, 9.17) is 4.74 Å². The average molecular weight is 526 g/mol. The first-order valence-corrected chi connectivity index (χ1v) is 13.3. The summed E-state index contributed by atoms with van der Waals surface area (Å²) < 4.78 is 35.5. The number of hydrogen-bond donors (Lipinski definition) is 1.